The first kappa shape index (κ1) is 28.2. The number of ether oxygens (including phenoxy) is 2. The molecule has 1 aromatic heterocycles. The number of nitrogens with two attached hydrogens (primary N) is 1. The van der Waals surface area contributed by atoms with E-state index in [1.807, 2.05) is 20.8 Å². The van der Waals surface area contributed by atoms with E-state index in [-0.39, 0.29) is 18.5 Å². The Morgan fingerprint density at radius 3 is 2.67 bits per heavy atom. The van der Waals surface area contributed by atoms with Gasteiger partial charge in [0.15, 0.2) is 0 Å². The second-order valence-corrected chi connectivity index (χ2v) is 11.7. The van der Waals surface area contributed by atoms with Crippen LogP contribution in [0, 0.1) is 5.92 Å². The monoisotopic (exact) mass is 540 g/mol. The highest BCUT2D eigenvalue weighted by Gasteiger charge is 2.36. The van der Waals surface area contributed by atoms with Crippen LogP contribution in [0.1, 0.15) is 40.3 Å². The quantitative estimate of drug-likeness (QED) is 0.301. The number of para-hydroxylation sites is 1. The van der Waals surface area contributed by atoms with Gasteiger partial charge in [-0.25, -0.2) is 9.36 Å². The molecule has 0 aliphatic carbocycles. The van der Waals surface area contributed by atoms with E-state index in [4.69, 9.17) is 24.3 Å². The largest absolute Gasteiger partial charge is 0.461 e. The first-order valence-corrected chi connectivity index (χ1v) is 14.2. The van der Waals surface area contributed by atoms with Crippen molar-refractivity contribution in [2.75, 3.05) is 18.1 Å². The lowest BCUT2D eigenvalue weighted by atomic mass is 10.1. The normalized spacial score (nSPS) is 21.0. The second-order valence-electron chi connectivity index (χ2n) is 8.82. The summed E-state index contributed by atoms with van der Waals surface area (Å²) in [4.78, 5) is 28.4. The first-order valence-electron chi connectivity index (χ1n) is 11.6. The lowest BCUT2D eigenvalue weighted by Crippen LogP contribution is -2.37. The van der Waals surface area contributed by atoms with Crippen LogP contribution in [0.15, 0.2) is 47.4 Å². The molecular formula is C23H33N4O7PS. The molecule has 3 rings (SSSR count). The lowest BCUT2D eigenvalue weighted by molar-refractivity contribution is -0.150. The number of anilines is 1. The van der Waals surface area contributed by atoms with Gasteiger partial charge in [-0.05, 0) is 44.4 Å². The van der Waals surface area contributed by atoms with Crippen molar-refractivity contribution in [1.29, 1.82) is 0 Å². The van der Waals surface area contributed by atoms with Crippen LogP contribution in [0.2, 0.25) is 0 Å². The number of nitrogen functional groups attached to an aromatic ring is 1. The molecule has 0 radical (unpaired) electrons. The fourth-order valence-corrected chi connectivity index (χ4v) is 6.07. The molecule has 5 atom stereocenters. The minimum absolute atomic E-state index is 0.123. The second kappa shape index (κ2) is 12.7. The number of thioether (sulfide) groups is 1. The molecule has 13 heteroatoms. The summed E-state index contributed by atoms with van der Waals surface area (Å²) < 4.78 is 37.7. The molecule has 2 aromatic rings. The van der Waals surface area contributed by atoms with Crippen LogP contribution in [0.3, 0.4) is 0 Å². The Kier molecular flexibility index (Phi) is 9.98. The molecule has 0 bridgehead atoms. The third-order valence-electron chi connectivity index (χ3n) is 5.07. The van der Waals surface area contributed by atoms with Gasteiger partial charge in [-0.1, -0.05) is 32.0 Å². The van der Waals surface area contributed by atoms with Gasteiger partial charge in [0.2, 0.25) is 0 Å². The summed E-state index contributed by atoms with van der Waals surface area (Å²) in [5.74, 6) is 0.676. The SMILES string of the molecule is CC(C)C[C@H](C)OC(=O)[C@H](C)N[P@](=O)(OC[C@@H]1O[C@H](n2ccc(N)nc2=O)CS1)Oc1ccccc1. The zero-order chi connectivity index (χ0) is 26.3. The summed E-state index contributed by atoms with van der Waals surface area (Å²) in [6, 6.07) is 9.05. The Bertz CT molecular complexity index is 1120. The van der Waals surface area contributed by atoms with E-state index < -0.39 is 37.1 Å². The standard InChI is InChI=1S/C23H33N4O7PS/c1-15(2)12-16(3)32-22(28)17(4)26-35(30,34-18-8-6-5-7-9-18)31-13-21-33-20(14-36-21)27-11-10-19(24)25-23(27)29/h5-11,15-17,20-21H,12-14H2,1-4H3,(H,26,30)(H2,24,25,29)/t16-,17-,20-,21+,35-/m0/s1. The minimum atomic E-state index is -4.02. The zero-order valence-electron chi connectivity index (χ0n) is 20.7. The number of hydrogen-bond donors (Lipinski definition) is 2. The van der Waals surface area contributed by atoms with Crippen LogP contribution < -0.4 is 21.0 Å². The van der Waals surface area contributed by atoms with Crippen molar-refractivity contribution in [3.8, 4) is 5.75 Å². The number of nitrogens with one attached hydrogen (secondary N) is 1. The number of esters is 1. The average Bonchev–Trinajstić information content (AvgIpc) is 3.26. The predicted molar refractivity (Wildman–Crippen MR) is 138 cm³/mol. The number of rotatable bonds is 12. The summed E-state index contributed by atoms with van der Waals surface area (Å²) in [7, 11) is -4.02. The maximum absolute atomic E-state index is 13.7. The van der Waals surface area contributed by atoms with Crippen LogP contribution in [-0.2, 0) is 23.4 Å². The Morgan fingerprint density at radius 1 is 1.28 bits per heavy atom. The van der Waals surface area contributed by atoms with E-state index in [0.29, 0.717) is 23.8 Å². The molecule has 0 amide bonds. The fraction of sp³-hybridized carbons (Fsp3) is 0.522. The number of benzene rings is 1. The molecule has 11 nitrogen and oxygen atoms in total. The van der Waals surface area contributed by atoms with Gasteiger partial charge in [-0.2, -0.15) is 10.1 Å². The van der Waals surface area contributed by atoms with Crippen molar-refractivity contribution in [1.82, 2.24) is 14.6 Å². The molecule has 0 unspecified atom stereocenters. The van der Waals surface area contributed by atoms with E-state index >= 15 is 0 Å². The van der Waals surface area contributed by atoms with Crippen LogP contribution in [0.5, 0.6) is 5.75 Å². The van der Waals surface area contributed by atoms with Crippen molar-refractivity contribution in [2.24, 2.45) is 5.92 Å². The number of carbonyl (C=O) groups is 1. The van der Waals surface area contributed by atoms with Crippen molar-refractivity contribution < 1.29 is 27.9 Å². The van der Waals surface area contributed by atoms with Gasteiger partial charge in [0, 0.05) is 11.9 Å². The molecule has 1 aromatic carbocycles. The molecule has 1 aliphatic rings. The van der Waals surface area contributed by atoms with Gasteiger partial charge < -0.3 is 19.7 Å². The summed E-state index contributed by atoms with van der Waals surface area (Å²) in [5, 5.41) is 2.68. The Hall–Kier alpha value is -2.37. The highest BCUT2D eigenvalue weighted by atomic mass is 32.2. The highest BCUT2D eigenvalue weighted by molar-refractivity contribution is 8.00. The van der Waals surface area contributed by atoms with Crippen LogP contribution in [0.4, 0.5) is 5.82 Å². The third-order valence-corrected chi connectivity index (χ3v) is 7.81. The number of hydrogen-bond acceptors (Lipinski definition) is 10. The van der Waals surface area contributed by atoms with E-state index in [9.17, 15) is 14.2 Å². The van der Waals surface area contributed by atoms with E-state index in [1.54, 1.807) is 30.3 Å². The molecule has 36 heavy (non-hydrogen) atoms. The van der Waals surface area contributed by atoms with E-state index in [1.165, 1.54) is 35.5 Å². The van der Waals surface area contributed by atoms with Crippen LogP contribution in [-0.4, -0.2) is 45.5 Å². The summed E-state index contributed by atoms with van der Waals surface area (Å²) in [6.45, 7) is 7.30. The number of aromatic nitrogens is 2. The zero-order valence-corrected chi connectivity index (χ0v) is 22.4. The van der Waals surface area contributed by atoms with Crippen LogP contribution >= 0.6 is 19.5 Å². The predicted octanol–water partition coefficient (Wildman–Crippen LogP) is 3.57. The van der Waals surface area contributed by atoms with Gasteiger partial charge in [-0.15, -0.1) is 11.8 Å². The van der Waals surface area contributed by atoms with E-state index in [2.05, 4.69) is 10.1 Å². The topological polar surface area (TPSA) is 144 Å². The Balaban J connectivity index is 1.64. The Labute approximate surface area is 214 Å². The molecule has 1 aliphatic heterocycles. The van der Waals surface area contributed by atoms with Crippen molar-refractivity contribution in [2.45, 2.75) is 57.9 Å². The Morgan fingerprint density at radius 2 is 2.00 bits per heavy atom. The lowest BCUT2D eigenvalue weighted by Gasteiger charge is -2.25. The van der Waals surface area contributed by atoms with Gasteiger partial charge in [-0.3, -0.25) is 13.9 Å². The molecule has 198 valence electrons. The van der Waals surface area contributed by atoms with Crippen molar-refractivity contribution in [3.63, 3.8) is 0 Å². The van der Waals surface area contributed by atoms with Gasteiger partial charge in [0.1, 0.15) is 29.3 Å². The average molecular weight is 541 g/mol. The summed E-state index contributed by atoms with van der Waals surface area (Å²) >= 11 is 1.38. The van der Waals surface area contributed by atoms with E-state index in [0.717, 1.165) is 0 Å². The number of carbonyl (C=O) groups excluding carboxylic acids is 1. The molecule has 0 saturated carbocycles. The van der Waals surface area contributed by atoms with Crippen molar-refractivity contribution in [3.05, 3.63) is 53.1 Å². The van der Waals surface area contributed by atoms with Gasteiger partial charge in [0.25, 0.3) is 0 Å². The molecule has 0 spiro atoms. The highest BCUT2D eigenvalue weighted by Crippen LogP contribution is 2.46. The summed E-state index contributed by atoms with van der Waals surface area (Å²) in [6.07, 6.45) is 1.35. The number of nitrogens with zero attached hydrogens (tertiary/aromatic N) is 2. The van der Waals surface area contributed by atoms with Crippen LogP contribution in [0.25, 0.3) is 0 Å². The minimum Gasteiger partial charge on any atom is -0.461 e. The fourth-order valence-electron chi connectivity index (χ4n) is 3.49. The first-order chi connectivity index (χ1) is 17.0. The summed E-state index contributed by atoms with van der Waals surface area (Å²) in [5.41, 5.74) is 4.48. The third kappa shape index (κ3) is 8.35. The maximum Gasteiger partial charge on any atom is 0.459 e. The molecular weight excluding hydrogens is 507 g/mol. The van der Waals surface area contributed by atoms with Gasteiger partial charge >= 0.3 is 19.4 Å². The van der Waals surface area contributed by atoms with Crippen molar-refractivity contribution >= 4 is 31.3 Å². The smallest absolute Gasteiger partial charge is 0.459 e. The molecule has 1 saturated heterocycles. The molecule has 3 N–H and O–H groups in total. The van der Waals surface area contributed by atoms with Gasteiger partial charge in [0.05, 0.1) is 12.7 Å². The molecule has 2 heterocycles. The molecule has 1 fully saturated rings. The maximum atomic E-state index is 13.7.